The monoisotopic (exact) mass is 446 g/mol. The highest BCUT2D eigenvalue weighted by Crippen LogP contribution is 2.65. The number of carbonyl (C=O) groups is 1. The van der Waals surface area contributed by atoms with Crippen LogP contribution in [0.15, 0.2) is 0 Å². The van der Waals surface area contributed by atoms with E-state index in [1.807, 2.05) is 0 Å². The van der Waals surface area contributed by atoms with E-state index in [0.717, 1.165) is 24.2 Å². The lowest BCUT2D eigenvalue weighted by atomic mass is 9.45. The molecule has 4 fully saturated rings. The molecular formula is C28H50O2Si. The van der Waals surface area contributed by atoms with Crippen LogP contribution in [0, 0.1) is 34.5 Å². The van der Waals surface area contributed by atoms with E-state index in [1.54, 1.807) is 0 Å². The summed E-state index contributed by atoms with van der Waals surface area (Å²) < 4.78 is 7.22. The Kier molecular flexibility index (Phi) is 7.15. The molecule has 4 rings (SSSR count). The first-order valence-corrected chi connectivity index (χ1v) is 16.6. The molecule has 4 aliphatic rings. The standard InChI is InChI=1S/C28H50O2Si/c1-6-17-31(18-7-2,19-8-3)30-22-13-15-27(4)21(20-22)9-10-23-24-11-12-26(29)28(24,5)16-14-25(23)27/h21-25H,6-20H2,1-5H3/t21?,22?,23-,24-,25-,27-,28-/m0/s1. The van der Waals surface area contributed by atoms with E-state index < -0.39 is 8.32 Å². The van der Waals surface area contributed by atoms with Crippen molar-refractivity contribution in [3.05, 3.63) is 0 Å². The molecule has 0 aromatic heterocycles. The molecule has 2 nitrogen and oxygen atoms in total. The molecule has 7 atom stereocenters. The summed E-state index contributed by atoms with van der Waals surface area (Å²) in [5.74, 6) is 3.80. The van der Waals surface area contributed by atoms with Crippen molar-refractivity contribution in [1.29, 1.82) is 0 Å². The van der Waals surface area contributed by atoms with Gasteiger partial charge in [-0.2, -0.15) is 0 Å². The van der Waals surface area contributed by atoms with E-state index >= 15 is 0 Å². The molecule has 0 heterocycles. The summed E-state index contributed by atoms with van der Waals surface area (Å²) >= 11 is 0. The third-order valence-electron chi connectivity index (χ3n) is 10.9. The van der Waals surface area contributed by atoms with E-state index in [4.69, 9.17) is 4.43 Å². The maximum atomic E-state index is 12.7. The van der Waals surface area contributed by atoms with E-state index in [-0.39, 0.29) is 5.41 Å². The van der Waals surface area contributed by atoms with Crippen LogP contribution in [0.25, 0.3) is 0 Å². The van der Waals surface area contributed by atoms with Crippen LogP contribution in [-0.2, 0) is 9.22 Å². The fraction of sp³-hybridized carbons (Fsp3) is 0.964. The van der Waals surface area contributed by atoms with Gasteiger partial charge in [-0.3, -0.25) is 4.79 Å². The Balaban J connectivity index is 1.46. The highest BCUT2D eigenvalue weighted by molar-refractivity contribution is 6.73. The first kappa shape index (κ1) is 24.0. The van der Waals surface area contributed by atoms with Crippen LogP contribution in [0.1, 0.15) is 112 Å². The predicted octanol–water partition coefficient (Wildman–Crippen LogP) is 8.16. The zero-order valence-corrected chi connectivity index (χ0v) is 22.3. The van der Waals surface area contributed by atoms with E-state index in [0.29, 0.717) is 23.2 Å². The second-order valence-electron chi connectivity index (χ2n) is 12.5. The molecule has 3 heteroatoms. The SMILES string of the molecule is CCC[Si](CCC)(CCC)OC1CC[C@@]2(C)C(CC[C@@H]3[C@@H]2CC[C@]2(C)C(=O)CC[C@@H]32)C1. The molecule has 4 saturated carbocycles. The Morgan fingerprint density at radius 2 is 1.55 bits per heavy atom. The number of ketones is 1. The average molecular weight is 447 g/mol. The maximum Gasteiger partial charge on any atom is 0.193 e. The Morgan fingerprint density at radius 3 is 2.19 bits per heavy atom. The Hall–Kier alpha value is -0.153. The average Bonchev–Trinajstić information content (AvgIpc) is 3.04. The lowest BCUT2D eigenvalue weighted by Gasteiger charge is -2.60. The maximum absolute atomic E-state index is 12.7. The summed E-state index contributed by atoms with van der Waals surface area (Å²) in [5, 5.41) is 0. The van der Waals surface area contributed by atoms with Crippen molar-refractivity contribution in [2.24, 2.45) is 34.5 Å². The molecule has 0 aromatic rings. The van der Waals surface area contributed by atoms with Gasteiger partial charge in [0.25, 0.3) is 0 Å². The molecule has 31 heavy (non-hydrogen) atoms. The first-order chi connectivity index (χ1) is 14.8. The number of hydrogen-bond donors (Lipinski definition) is 0. The predicted molar refractivity (Wildman–Crippen MR) is 133 cm³/mol. The largest absolute Gasteiger partial charge is 0.414 e. The minimum absolute atomic E-state index is 0.0241. The summed E-state index contributed by atoms with van der Waals surface area (Å²) in [6.45, 7) is 12.1. The van der Waals surface area contributed by atoms with Gasteiger partial charge in [-0.1, -0.05) is 53.9 Å². The van der Waals surface area contributed by atoms with Crippen molar-refractivity contribution in [1.82, 2.24) is 0 Å². The van der Waals surface area contributed by atoms with Gasteiger partial charge in [0.2, 0.25) is 0 Å². The molecule has 178 valence electrons. The highest BCUT2D eigenvalue weighted by atomic mass is 28.4. The molecule has 0 amide bonds. The zero-order valence-electron chi connectivity index (χ0n) is 21.3. The van der Waals surface area contributed by atoms with Crippen LogP contribution in [-0.4, -0.2) is 20.2 Å². The smallest absolute Gasteiger partial charge is 0.193 e. The third-order valence-corrected chi connectivity index (χ3v) is 15.9. The summed E-state index contributed by atoms with van der Waals surface area (Å²) in [6, 6.07) is 4.10. The zero-order chi connectivity index (χ0) is 22.3. The normalized spacial score (nSPS) is 42.7. The van der Waals surface area contributed by atoms with Crippen LogP contribution in [0.4, 0.5) is 0 Å². The number of hydrogen-bond acceptors (Lipinski definition) is 2. The molecule has 0 aromatic carbocycles. The summed E-state index contributed by atoms with van der Waals surface area (Å²) in [5.41, 5.74) is 0.524. The molecule has 0 saturated heterocycles. The Bertz CT molecular complexity index is 630. The van der Waals surface area contributed by atoms with Gasteiger partial charge in [-0.25, -0.2) is 0 Å². The van der Waals surface area contributed by atoms with Crippen LogP contribution >= 0.6 is 0 Å². The van der Waals surface area contributed by atoms with Crippen molar-refractivity contribution in [3.63, 3.8) is 0 Å². The number of carbonyl (C=O) groups excluding carboxylic acids is 1. The molecular weight excluding hydrogens is 396 g/mol. The highest BCUT2D eigenvalue weighted by Gasteiger charge is 2.60. The minimum Gasteiger partial charge on any atom is -0.414 e. The lowest BCUT2D eigenvalue weighted by molar-refractivity contribution is -0.141. The molecule has 0 bridgehead atoms. The second kappa shape index (κ2) is 9.24. The number of rotatable bonds is 8. The summed E-state index contributed by atoms with van der Waals surface area (Å²) in [7, 11) is -1.57. The first-order valence-electron chi connectivity index (χ1n) is 14.0. The Labute approximate surface area is 193 Å². The van der Waals surface area contributed by atoms with Gasteiger partial charge in [-0.05, 0) is 98.6 Å². The van der Waals surface area contributed by atoms with Gasteiger partial charge in [0, 0.05) is 17.9 Å². The number of Topliss-reactive ketones (excluding diaryl/α,β-unsaturated/α-hetero) is 1. The Morgan fingerprint density at radius 1 is 0.871 bits per heavy atom. The van der Waals surface area contributed by atoms with Crippen molar-refractivity contribution in [3.8, 4) is 0 Å². The fourth-order valence-corrected chi connectivity index (χ4v) is 14.1. The lowest BCUT2D eigenvalue weighted by Crippen LogP contribution is -2.55. The van der Waals surface area contributed by atoms with Crippen LogP contribution in [0.3, 0.4) is 0 Å². The molecule has 0 aliphatic heterocycles. The quantitative estimate of drug-likeness (QED) is 0.351. The van der Waals surface area contributed by atoms with Gasteiger partial charge < -0.3 is 4.43 Å². The molecule has 0 radical (unpaired) electrons. The second-order valence-corrected chi connectivity index (χ2v) is 16.6. The van der Waals surface area contributed by atoms with Crippen LogP contribution in [0.5, 0.6) is 0 Å². The number of fused-ring (bicyclic) bond motifs is 5. The van der Waals surface area contributed by atoms with Crippen molar-refractivity contribution >= 4 is 14.1 Å². The molecule has 0 N–H and O–H groups in total. The molecule has 4 aliphatic carbocycles. The van der Waals surface area contributed by atoms with E-state index in [2.05, 4.69) is 34.6 Å². The summed E-state index contributed by atoms with van der Waals surface area (Å²) in [6.07, 6.45) is 15.7. The van der Waals surface area contributed by atoms with Gasteiger partial charge >= 0.3 is 0 Å². The molecule has 0 spiro atoms. The van der Waals surface area contributed by atoms with Crippen molar-refractivity contribution in [2.75, 3.05) is 0 Å². The minimum atomic E-state index is -1.57. The third kappa shape index (κ3) is 4.13. The van der Waals surface area contributed by atoms with Gasteiger partial charge in [-0.15, -0.1) is 0 Å². The van der Waals surface area contributed by atoms with Crippen molar-refractivity contribution in [2.45, 2.75) is 136 Å². The van der Waals surface area contributed by atoms with E-state index in [1.165, 1.54) is 88.8 Å². The van der Waals surface area contributed by atoms with Gasteiger partial charge in [0.15, 0.2) is 8.32 Å². The topological polar surface area (TPSA) is 26.3 Å². The summed E-state index contributed by atoms with van der Waals surface area (Å²) in [4.78, 5) is 12.7. The fourth-order valence-electron chi connectivity index (χ4n) is 9.37. The molecule has 2 unspecified atom stereocenters. The van der Waals surface area contributed by atoms with Gasteiger partial charge in [0.05, 0.1) is 0 Å². The van der Waals surface area contributed by atoms with Gasteiger partial charge in [0.1, 0.15) is 5.78 Å². The van der Waals surface area contributed by atoms with Crippen molar-refractivity contribution < 1.29 is 9.22 Å². The van der Waals surface area contributed by atoms with E-state index in [9.17, 15) is 4.79 Å². The van der Waals surface area contributed by atoms with Crippen LogP contribution in [0.2, 0.25) is 18.1 Å². The van der Waals surface area contributed by atoms with Crippen LogP contribution < -0.4 is 0 Å².